The summed E-state index contributed by atoms with van der Waals surface area (Å²) in [7, 11) is 0. The maximum atomic E-state index is 12.8. The molecule has 26 heavy (non-hydrogen) atoms. The quantitative estimate of drug-likeness (QED) is 0.774. The Bertz CT molecular complexity index is 572. The van der Waals surface area contributed by atoms with E-state index in [9.17, 15) is 18.0 Å². The Labute approximate surface area is 159 Å². The van der Waals surface area contributed by atoms with Crippen molar-refractivity contribution in [1.29, 1.82) is 0 Å². The molecule has 0 radical (unpaired) electrons. The number of carbonyl (C=O) groups excluding carboxylic acids is 1. The Morgan fingerprint density at radius 1 is 1.31 bits per heavy atom. The van der Waals surface area contributed by atoms with Gasteiger partial charge < -0.3 is 10.2 Å². The first-order chi connectivity index (χ1) is 11.8. The number of nitrogens with zero attached hydrogens (tertiary/aromatic N) is 1. The molecule has 2 rings (SSSR count). The van der Waals surface area contributed by atoms with Gasteiger partial charge in [0, 0.05) is 19.5 Å². The predicted molar refractivity (Wildman–Crippen MR) is 99.6 cm³/mol. The molecule has 1 heterocycles. The van der Waals surface area contributed by atoms with Crippen molar-refractivity contribution in [2.75, 3.05) is 26.2 Å². The Balaban J connectivity index is 0.00000338. The summed E-state index contributed by atoms with van der Waals surface area (Å²) in [6.07, 6.45) is -2.14. The van der Waals surface area contributed by atoms with Crippen molar-refractivity contribution in [1.82, 2.24) is 10.2 Å². The summed E-state index contributed by atoms with van der Waals surface area (Å²) in [5.74, 6) is 0.408. The van der Waals surface area contributed by atoms with Crippen molar-refractivity contribution in [3.8, 4) is 0 Å². The van der Waals surface area contributed by atoms with E-state index in [-0.39, 0.29) is 30.7 Å². The zero-order chi connectivity index (χ0) is 18.4. The van der Waals surface area contributed by atoms with Gasteiger partial charge in [0.15, 0.2) is 0 Å². The lowest BCUT2D eigenvalue weighted by atomic mass is 9.93. The summed E-state index contributed by atoms with van der Waals surface area (Å²) >= 11 is 0. The summed E-state index contributed by atoms with van der Waals surface area (Å²) in [6.45, 7) is 7.31. The molecule has 1 aliphatic heterocycles. The zero-order valence-corrected chi connectivity index (χ0v) is 16.1. The third-order valence-corrected chi connectivity index (χ3v) is 4.91. The van der Waals surface area contributed by atoms with Crippen LogP contribution in [0.25, 0.3) is 0 Å². The fraction of sp³-hybridized carbons (Fsp3) is 0.632. The highest BCUT2D eigenvalue weighted by atomic mass is 35.5. The first-order valence-electron chi connectivity index (χ1n) is 8.97. The molecule has 1 amide bonds. The van der Waals surface area contributed by atoms with Crippen LogP contribution in [0, 0.1) is 5.92 Å². The summed E-state index contributed by atoms with van der Waals surface area (Å²) < 4.78 is 38.5. The Kier molecular flexibility index (Phi) is 8.90. The highest BCUT2D eigenvalue weighted by Gasteiger charge is 2.31. The van der Waals surface area contributed by atoms with Crippen LogP contribution < -0.4 is 5.32 Å². The van der Waals surface area contributed by atoms with E-state index < -0.39 is 11.7 Å². The lowest BCUT2D eigenvalue weighted by molar-refractivity contribution is -0.137. The molecule has 1 unspecified atom stereocenters. The van der Waals surface area contributed by atoms with Crippen molar-refractivity contribution >= 4 is 18.3 Å². The van der Waals surface area contributed by atoms with Gasteiger partial charge in [0.1, 0.15) is 0 Å². The van der Waals surface area contributed by atoms with Crippen LogP contribution in [-0.2, 0) is 11.0 Å². The molecule has 1 saturated heterocycles. The molecule has 148 valence electrons. The van der Waals surface area contributed by atoms with Crippen LogP contribution >= 0.6 is 12.4 Å². The molecule has 0 bridgehead atoms. The Morgan fingerprint density at radius 2 is 1.96 bits per heavy atom. The number of halogens is 4. The maximum absolute atomic E-state index is 12.8. The lowest BCUT2D eigenvalue weighted by Crippen LogP contribution is -2.41. The van der Waals surface area contributed by atoms with Gasteiger partial charge in [-0.25, -0.2) is 0 Å². The van der Waals surface area contributed by atoms with Crippen LogP contribution in [0.3, 0.4) is 0 Å². The summed E-state index contributed by atoms with van der Waals surface area (Å²) in [5, 5.41) is 3.34. The molecule has 1 fully saturated rings. The lowest BCUT2D eigenvalue weighted by Gasteiger charge is -2.33. The highest BCUT2D eigenvalue weighted by Crippen LogP contribution is 2.32. The number of nitrogens with one attached hydrogen (secondary N) is 1. The minimum absolute atomic E-state index is 0. The molecule has 1 aliphatic rings. The average molecular weight is 393 g/mol. The van der Waals surface area contributed by atoms with E-state index in [0.717, 1.165) is 51.2 Å². The van der Waals surface area contributed by atoms with Gasteiger partial charge in [-0.1, -0.05) is 32.0 Å². The molecule has 1 atom stereocenters. The van der Waals surface area contributed by atoms with Gasteiger partial charge in [-0.2, -0.15) is 13.2 Å². The van der Waals surface area contributed by atoms with Crippen molar-refractivity contribution in [3.63, 3.8) is 0 Å². The highest BCUT2D eigenvalue weighted by molar-refractivity contribution is 5.85. The summed E-state index contributed by atoms with van der Waals surface area (Å²) in [6, 6.07) is 5.29. The van der Waals surface area contributed by atoms with Crippen LogP contribution in [0.5, 0.6) is 0 Å². The largest absolute Gasteiger partial charge is 0.416 e. The molecular weight excluding hydrogens is 365 g/mol. The molecule has 0 aromatic heterocycles. The minimum atomic E-state index is -4.35. The fourth-order valence-electron chi connectivity index (χ4n) is 3.27. The number of likely N-dealkylation sites (tertiary alicyclic amines) is 1. The molecule has 1 N–H and O–H groups in total. The molecule has 0 spiro atoms. The van der Waals surface area contributed by atoms with Crippen LogP contribution in [0.15, 0.2) is 24.3 Å². The number of amides is 1. The average Bonchev–Trinajstić information content (AvgIpc) is 2.59. The number of hydrogen-bond donors (Lipinski definition) is 1. The third-order valence-electron chi connectivity index (χ3n) is 4.91. The molecular formula is C19H28ClF3N2O. The maximum Gasteiger partial charge on any atom is 0.416 e. The Morgan fingerprint density at radius 3 is 2.54 bits per heavy atom. The van der Waals surface area contributed by atoms with Gasteiger partial charge in [0.25, 0.3) is 0 Å². The van der Waals surface area contributed by atoms with Gasteiger partial charge >= 0.3 is 6.18 Å². The first kappa shape index (κ1) is 22.8. The van der Waals surface area contributed by atoms with Crippen molar-refractivity contribution < 1.29 is 18.0 Å². The predicted octanol–water partition coefficient (Wildman–Crippen LogP) is 4.47. The molecule has 0 aliphatic carbocycles. The van der Waals surface area contributed by atoms with Crippen LogP contribution in [0.4, 0.5) is 13.2 Å². The van der Waals surface area contributed by atoms with Crippen molar-refractivity contribution in [2.45, 2.75) is 45.2 Å². The number of piperidine rings is 1. The van der Waals surface area contributed by atoms with E-state index in [4.69, 9.17) is 0 Å². The number of carbonyl (C=O) groups is 1. The third kappa shape index (κ3) is 6.47. The van der Waals surface area contributed by atoms with Gasteiger partial charge in [-0.05, 0) is 49.4 Å². The van der Waals surface area contributed by atoms with Crippen LogP contribution in [0.1, 0.15) is 50.2 Å². The van der Waals surface area contributed by atoms with E-state index in [0.29, 0.717) is 11.5 Å². The monoisotopic (exact) mass is 392 g/mol. The van der Waals surface area contributed by atoms with Gasteiger partial charge in [0.05, 0.1) is 5.56 Å². The zero-order valence-electron chi connectivity index (χ0n) is 15.3. The number of hydrogen-bond acceptors (Lipinski definition) is 2. The van der Waals surface area contributed by atoms with E-state index >= 15 is 0 Å². The van der Waals surface area contributed by atoms with Gasteiger partial charge in [0.2, 0.25) is 5.91 Å². The van der Waals surface area contributed by atoms with E-state index in [2.05, 4.69) is 12.2 Å². The van der Waals surface area contributed by atoms with E-state index in [1.807, 2.05) is 11.8 Å². The van der Waals surface area contributed by atoms with Gasteiger partial charge in [-0.15, -0.1) is 12.4 Å². The molecule has 1 aromatic carbocycles. The van der Waals surface area contributed by atoms with Crippen LogP contribution in [-0.4, -0.2) is 37.0 Å². The second-order valence-corrected chi connectivity index (χ2v) is 6.86. The smallest absolute Gasteiger partial charge is 0.343 e. The summed E-state index contributed by atoms with van der Waals surface area (Å²) in [5.41, 5.74) is -0.0984. The molecule has 1 aromatic rings. The van der Waals surface area contributed by atoms with Crippen molar-refractivity contribution in [3.05, 3.63) is 35.4 Å². The normalized spacial score (nSPS) is 16.9. The van der Waals surface area contributed by atoms with Gasteiger partial charge in [-0.3, -0.25) is 4.79 Å². The Hall–Kier alpha value is -1.27. The molecule has 7 heteroatoms. The first-order valence-corrected chi connectivity index (χ1v) is 8.97. The topological polar surface area (TPSA) is 32.3 Å². The summed E-state index contributed by atoms with van der Waals surface area (Å²) in [4.78, 5) is 14.3. The van der Waals surface area contributed by atoms with E-state index in [1.54, 1.807) is 6.07 Å². The minimum Gasteiger partial charge on any atom is -0.343 e. The van der Waals surface area contributed by atoms with E-state index in [1.165, 1.54) is 6.07 Å². The SMILES string of the molecule is CCNCC1CCN(C(=O)CC(C)c2cccc(C(F)(F)F)c2)CC1.Cl. The second-order valence-electron chi connectivity index (χ2n) is 6.86. The van der Waals surface area contributed by atoms with Crippen LogP contribution in [0.2, 0.25) is 0 Å². The number of rotatable bonds is 6. The molecule has 3 nitrogen and oxygen atoms in total. The standard InChI is InChI=1S/C19H27F3N2O.ClH/c1-3-23-13-15-7-9-24(10-8-15)18(25)11-14(2)16-5-4-6-17(12-16)19(20,21)22;/h4-6,12,14-15,23H,3,7-11,13H2,1-2H3;1H. The fourth-order valence-corrected chi connectivity index (χ4v) is 3.27. The molecule has 0 saturated carbocycles. The number of alkyl halides is 3. The number of benzene rings is 1. The second kappa shape index (κ2) is 10.2. The van der Waals surface area contributed by atoms with Crippen molar-refractivity contribution in [2.24, 2.45) is 5.92 Å².